The summed E-state index contributed by atoms with van der Waals surface area (Å²) in [6.07, 6.45) is 2.39. The van der Waals surface area contributed by atoms with Gasteiger partial charge < -0.3 is 9.73 Å². The zero-order valence-electron chi connectivity index (χ0n) is 7.77. The highest BCUT2D eigenvalue weighted by molar-refractivity contribution is 9.10. The summed E-state index contributed by atoms with van der Waals surface area (Å²) in [7, 11) is 0. The zero-order valence-corrected chi connectivity index (χ0v) is 9.36. The lowest BCUT2D eigenvalue weighted by atomic mass is 9.93. The van der Waals surface area contributed by atoms with Gasteiger partial charge in [0.15, 0.2) is 4.67 Å². The molecule has 0 radical (unpaired) electrons. The molecule has 0 saturated carbocycles. The van der Waals surface area contributed by atoms with Crippen molar-refractivity contribution in [2.24, 2.45) is 0 Å². The number of aryl methyl sites for hydroxylation is 1. The van der Waals surface area contributed by atoms with Crippen LogP contribution in [0.3, 0.4) is 0 Å². The van der Waals surface area contributed by atoms with Crippen LogP contribution >= 0.6 is 15.9 Å². The van der Waals surface area contributed by atoms with E-state index < -0.39 is 0 Å². The average Bonchev–Trinajstić information content (AvgIpc) is 2.47. The van der Waals surface area contributed by atoms with E-state index in [4.69, 9.17) is 4.42 Å². The van der Waals surface area contributed by atoms with E-state index in [-0.39, 0.29) is 0 Å². The molecule has 2 rings (SSSR count). The molecule has 0 atom stereocenters. The van der Waals surface area contributed by atoms with Crippen molar-refractivity contribution >= 4 is 15.9 Å². The van der Waals surface area contributed by atoms with Gasteiger partial charge in [0.05, 0.1) is 0 Å². The fraction of sp³-hybridized carbons (Fsp3) is 0.600. The van der Waals surface area contributed by atoms with E-state index in [0.717, 1.165) is 17.8 Å². The molecule has 0 spiro atoms. The fourth-order valence-corrected chi connectivity index (χ4v) is 2.46. The third-order valence-electron chi connectivity index (χ3n) is 2.64. The number of hydrogen-bond acceptors (Lipinski definition) is 2. The maximum atomic E-state index is 5.64. The minimum absolute atomic E-state index is 0.618. The summed E-state index contributed by atoms with van der Waals surface area (Å²) in [5.41, 5.74) is 1.28. The molecule has 1 N–H and O–H groups in total. The molecular weight excluding hydrogens is 230 g/mol. The number of piperidine rings is 1. The lowest BCUT2D eigenvalue weighted by molar-refractivity contribution is 0.376. The number of halogens is 1. The van der Waals surface area contributed by atoms with Crippen molar-refractivity contribution in [2.75, 3.05) is 13.1 Å². The third kappa shape index (κ3) is 1.97. The lowest BCUT2D eigenvalue weighted by Gasteiger charge is -2.21. The molecule has 0 aliphatic carbocycles. The Labute approximate surface area is 86.8 Å². The van der Waals surface area contributed by atoms with Gasteiger partial charge in [0.1, 0.15) is 5.76 Å². The molecule has 1 aromatic heterocycles. The summed E-state index contributed by atoms with van der Waals surface area (Å²) < 4.78 is 6.50. The quantitative estimate of drug-likeness (QED) is 0.821. The highest BCUT2D eigenvalue weighted by Gasteiger charge is 2.20. The van der Waals surface area contributed by atoms with E-state index in [1.165, 1.54) is 24.2 Å². The second-order valence-corrected chi connectivity index (χ2v) is 4.40. The molecule has 0 unspecified atom stereocenters. The maximum absolute atomic E-state index is 5.64. The molecule has 1 saturated heterocycles. The van der Waals surface area contributed by atoms with Crippen LogP contribution in [-0.4, -0.2) is 13.1 Å². The minimum atomic E-state index is 0.618. The van der Waals surface area contributed by atoms with Crippen molar-refractivity contribution in [2.45, 2.75) is 25.7 Å². The van der Waals surface area contributed by atoms with Crippen molar-refractivity contribution in [3.8, 4) is 0 Å². The Morgan fingerprint density at radius 2 is 2.15 bits per heavy atom. The summed E-state index contributed by atoms with van der Waals surface area (Å²) in [5, 5.41) is 3.36. The number of hydrogen-bond donors (Lipinski definition) is 1. The van der Waals surface area contributed by atoms with Crippen molar-refractivity contribution in [3.05, 3.63) is 22.1 Å². The number of rotatable bonds is 1. The van der Waals surface area contributed by atoms with Crippen LogP contribution in [0, 0.1) is 6.92 Å². The first-order valence-corrected chi connectivity index (χ1v) is 5.53. The van der Waals surface area contributed by atoms with Gasteiger partial charge in [-0.1, -0.05) is 0 Å². The van der Waals surface area contributed by atoms with E-state index in [1.54, 1.807) is 0 Å². The predicted molar refractivity (Wildman–Crippen MR) is 56.0 cm³/mol. The molecule has 2 heterocycles. The van der Waals surface area contributed by atoms with E-state index in [9.17, 15) is 0 Å². The van der Waals surface area contributed by atoms with Crippen LogP contribution in [0.1, 0.15) is 30.1 Å². The van der Waals surface area contributed by atoms with E-state index in [0.29, 0.717) is 5.92 Å². The Kier molecular flexibility index (Phi) is 2.74. The van der Waals surface area contributed by atoms with Gasteiger partial charge in [0, 0.05) is 5.92 Å². The van der Waals surface area contributed by atoms with Gasteiger partial charge in [-0.15, -0.1) is 0 Å². The standard InChI is InChI=1S/C10H14BrNO/c1-7-6-9(11)13-10(7)8-2-4-12-5-3-8/h6,8,12H,2-5H2,1H3. The summed E-state index contributed by atoms with van der Waals surface area (Å²) in [6, 6.07) is 2.05. The van der Waals surface area contributed by atoms with Crippen LogP contribution in [0.5, 0.6) is 0 Å². The largest absolute Gasteiger partial charge is 0.454 e. The molecule has 3 heteroatoms. The first-order valence-electron chi connectivity index (χ1n) is 4.74. The topological polar surface area (TPSA) is 25.2 Å². The highest BCUT2D eigenvalue weighted by Crippen LogP contribution is 2.31. The van der Waals surface area contributed by atoms with Gasteiger partial charge in [-0.05, 0) is 60.4 Å². The lowest BCUT2D eigenvalue weighted by Crippen LogP contribution is -2.26. The molecule has 1 fully saturated rings. The Balaban J connectivity index is 2.18. The van der Waals surface area contributed by atoms with Gasteiger partial charge in [-0.25, -0.2) is 0 Å². The Bertz CT molecular complexity index is 289. The Hall–Kier alpha value is -0.280. The molecule has 1 aliphatic heterocycles. The normalized spacial score (nSPS) is 19.2. The second kappa shape index (κ2) is 3.84. The van der Waals surface area contributed by atoms with E-state index in [1.807, 2.05) is 0 Å². The van der Waals surface area contributed by atoms with Crippen LogP contribution in [0.15, 0.2) is 15.2 Å². The number of nitrogens with one attached hydrogen (secondary N) is 1. The molecular formula is C10H14BrNO. The molecule has 72 valence electrons. The van der Waals surface area contributed by atoms with Crippen LogP contribution in [-0.2, 0) is 0 Å². The fourth-order valence-electron chi connectivity index (χ4n) is 1.95. The van der Waals surface area contributed by atoms with Crippen LogP contribution in [0.25, 0.3) is 0 Å². The van der Waals surface area contributed by atoms with Crippen LogP contribution in [0.4, 0.5) is 0 Å². The average molecular weight is 244 g/mol. The van der Waals surface area contributed by atoms with Gasteiger partial charge in [0.2, 0.25) is 0 Å². The van der Waals surface area contributed by atoms with E-state index >= 15 is 0 Å². The predicted octanol–water partition coefficient (Wildman–Crippen LogP) is 2.82. The van der Waals surface area contributed by atoms with Gasteiger partial charge >= 0.3 is 0 Å². The molecule has 0 amide bonds. The molecule has 0 aromatic carbocycles. The Morgan fingerprint density at radius 3 is 2.69 bits per heavy atom. The third-order valence-corrected chi connectivity index (χ3v) is 3.03. The first-order chi connectivity index (χ1) is 6.27. The van der Waals surface area contributed by atoms with E-state index in [2.05, 4.69) is 34.2 Å². The summed E-state index contributed by atoms with van der Waals surface area (Å²) in [6.45, 7) is 4.34. The van der Waals surface area contributed by atoms with Crippen molar-refractivity contribution in [3.63, 3.8) is 0 Å². The number of furan rings is 1. The monoisotopic (exact) mass is 243 g/mol. The molecule has 1 aromatic rings. The van der Waals surface area contributed by atoms with Gasteiger partial charge in [-0.2, -0.15) is 0 Å². The van der Waals surface area contributed by atoms with Crippen LogP contribution < -0.4 is 5.32 Å². The second-order valence-electron chi connectivity index (χ2n) is 3.62. The zero-order chi connectivity index (χ0) is 9.26. The highest BCUT2D eigenvalue weighted by atomic mass is 79.9. The van der Waals surface area contributed by atoms with Crippen molar-refractivity contribution in [1.82, 2.24) is 5.32 Å². The molecule has 13 heavy (non-hydrogen) atoms. The molecule has 0 bridgehead atoms. The molecule has 2 nitrogen and oxygen atoms in total. The van der Waals surface area contributed by atoms with Crippen LogP contribution in [0.2, 0.25) is 0 Å². The molecule has 1 aliphatic rings. The van der Waals surface area contributed by atoms with Crippen molar-refractivity contribution < 1.29 is 4.42 Å². The Morgan fingerprint density at radius 1 is 1.46 bits per heavy atom. The smallest absolute Gasteiger partial charge is 0.169 e. The van der Waals surface area contributed by atoms with Crippen molar-refractivity contribution in [1.29, 1.82) is 0 Å². The summed E-state index contributed by atoms with van der Waals surface area (Å²) >= 11 is 3.37. The maximum Gasteiger partial charge on any atom is 0.169 e. The minimum Gasteiger partial charge on any atom is -0.454 e. The summed E-state index contributed by atoms with van der Waals surface area (Å²) in [4.78, 5) is 0. The van der Waals surface area contributed by atoms with Gasteiger partial charge in [-0.3, -0.25) is 0 Å². The SMILES string of the molecule is Cc1cc(Br)oc1C1CCNCC1. The first kappa shape index (κ1) is 9.28. The summed E-state index contributed by atoms with van der Waals surface area (Å²) in [5.74, 6) is 1.79. The van der Waals surface area contributed by atoms with Gasteiger partial charge in [0.25, 0.3) is 0 Å².